The second-order valence-corrected chi connectivity index (χ2v) is 9.74. The Kier molecular flexibility index (Phi) is 14.1. The average Bonchev–Trinajstić information content (AvgIpc) is 2.65. The molecule has 1 unspecified atom stereocenters. The van der Waals surface area contributed by atoms with Gasteiger partial charge in [0, 0.05) is 5.69 Å². The summed E-state index contributed by atoms with van der Waals surface area (Å²) >= 11 is 0. The van der Waals surface area contributed by atoms with Crippen LogP contribution in [-0.4, -0.2) is 50.4 Å². The Labute approximate surface area is 189 Å². The first-order valence-electron chi connectivity index (χ1n) is 10.9. The number of aliphatic hydroxyl groups is 1. The van der Waals surface area contributed by atoms with E-state index in [-0.39, 0.29) is 17.0 Å². The lowest BCUT2D eigenvalue weighted by molar-refractivity contribution is -0.925. The molecule has 0 aliphatic rings. The van der Waals surface area contributed by atoms with E-state index in [9.17, 15) is 13.5 Å². The van der Waals surface area contributed by atoms with Crippen molar-refractivity contribution in [3.8, 4) is 0 Å². The Morgan fingerprint density at radius 3 is 2.00 bits per heavy atom. The van der Waals surface area contributed by atoms with Gasteiger partial charge in [-0.15, -0.1) is 0 Å². The number of rotatable bonds is 15. The van der Waals surface area contributed by atoms with Gasteiger partial charge in [0.2, 0.25) is 10.0 Å². The molecule has 0 saturated carbocycles. The number of nitrogens with zero attached hydrogens (tertiary/aromatic N) is 1. The van der Waals surface area contributed by atoms with Crippen molar-refractivity contribution < 1.29 is 35.0 Å². The molecule has 29 heavy (non-hydrogen) atoms. The lowest BCUT2D eigenvalue weighted by atomic mass is 10.0. The minimum atomic E-state index is -3.27. The van der Waals surface area contributed by atoms with Crippen LogP contribution in [0.15, 0.2) is 24.3 Å². The van der Waals surface area contributed by atoms with Crippen LogP contribution in [0.2, 0.25) is 0 Å². The van der Waals surface area contributed by atoms with Gasteiger partial charge in [0.25, 0.3) is 0 Å². The van der Waals surface area contributed by atoms with Crippen LogP contribution >= 0.6 is 0 Å². The zero-order valence-corrected chi connectivity index (χ0v) is 21.1. The molecule has 0 fully saturated rings. The molecule has 1 aromatic carbocycles. The molecule has 0 spiro atoms. The van der Waals surface area contributed by atoms with Gasteiger partial charge >= 0.3 is 0 Å². The van der Waals surface area contributed by atoms with Gasteiger partial charge in [-0.3, -0.25) is 4.72 Å². The average molecular weight is 494 g/mol. The second kappa shape index (κ2) is 14.4. The Morgan fingerprint density at radius 1 is 0.931 bits per heavy atom. The van der Waals surface area contributed by atoms with E-state index in [0.29, 0.717) is 5.69 Å². The Balaban J connectivity index is 0.00000784. The number of halogens is 1. The molecule has 170 valence electrons. The maximum Gasteiger partial charge on any atom is 0.229 e. The molecular weight excluding hydrogens is 452 g/mol. The van der Waals surface area contributed by atoms with E-state index >= 15 is 0 Å². The molecule has 0 aliphatic carbocycles. The van der Waals surface area contributed by atoms with Crippen molar-refractivity contribution in [2.45, 2.75) is 71.8 Å². The third-order valence-corrected chi connectivity index (χ3v) is 6.39. The van der Waals surface area contributed by atoms with E-state index < -0.39 is 16.1 Å². The highest BCUT2D eigenvalue weighted by Gasteiger charge is 2.22. The van der Waals surface area contributed by atoms with Crippen molar-refractivity contribution in [2.24, 2.45) is 0 Å². The fourth-order valence-electron chi connectivity index (χ4n) is 3.79. The molecule has 5 nitrogen and oxygen atoms in total. The molecule has 0 aromatic heterocycles. The van der Waals surface area contributed by atoms with Crippen LogP contribution < -0.4 is 21.7 Å². The van der Waals surface area contributed by atoms with E-state index in [2.05, 4.69) is 25.5 Å². The predicted octanol–water partition coefficient (Wildman–Crippen LogP) is 1.70. The first-order valence-corrected chi connectivity index (χ1v) is 12.7. The molecule has 0 radical (unpaired) electrons. The summed E-state index contributed by atoms with van der Waals surface area (Å²) < 4.78 is 26.1. The van der Waals surface area contributed by atoms with E-state index in [1.165, 1.54) is 38.6 Å². The zero-order valence-electron chi connectivity index (χ0n) is 18.7. The van der Waals surface area contributed by atoms with E-state index in [1.807, 2.05) is 0 Å². The fourth-order valence-corrected chi connectivity index (χ4v) is 4.36. The lowest BCUT2D eigenvalue weighted by Crippen LogP contribution is -3.00. The quantitative estimate of drug-likeness (QED) is 0.289. The minimum Gasteiger partial charge on any atom is -1.00 e. The highest BCUT2D eigenvalue weighted by Crippen LogP contribution is 2.22. The number of anilines is 1. The number of quaternary nitrogens is 1. The summed E-state index contributed by atoms with van der Waals surface area (Å²) in [6.45, 7) is 11.4. The van der Waals surface area contributed by atoms with Crippen molar-refractivity contribution in [1.82, 2.24) is 0 Å². The molecule has 0 bridgehead atoms. The third kappa shape index (κ3) is 11.4. The standard InChI is InChI=1S/C22H41N2O3S.BrH/c1-5-8-9-10-11-18-24(6-2,7-3)19-12-13-22(25)20-14-16-21(17-15-20)23-28(4,26)27;/h14-17,22-23,25H,5-13,18-19H2,1-4H3;1H/q+1;/p-1. The number of hydrogen-bond donors (Lipinski definition) is 2. The third-order valence-electron chi connectivity index (χ3n) is 5.79. The summed E-state index contributed by atoms with van der Waals surface area (Å²) in [6.07, 6.45) is 8.91. The van der Waals surface area contributed by atoms with E-state index in [0.717, 1.165) is 48.8 Å². The first kappa shape index (κ1) is 28.4. The maximum atomic E-state index is 11.3. The number of nitrogens with one attached hydrogen (secondary N) is 1. The first-order chi connectivity index (χ1) is 13.2. The Hall–Kier alpha value is -0.630. The number of aliphatic hydroxyl groups excluding tert-OH is 1. The summed E-state index contributed by atoms with van der Waals surface area (Å²) in [5.41, 5.74) is 1.36. The fraction of sp³-hybridized carbons (Fsp3) is 0.727. The summed E-state index contributed by atoms with van der Waals surface area (Å²) in [5, 5.41) is 10.5. The smallest absolute Gasteiger partial charge is 0.229 e. The number of benzene rings is 1. The molecule has 1 atom stereocenters. The zero-order chi connectivity index (χ0) is 21.0. The Morgan fingerprint density at radius 2 is 1.48 bits per heavy atom. The van der Waals surface area contributed by atoms with Gasteiger partial charge in [-0.25, -0.2) is 8.42 Å². The Bertz CT molecular complexity index is 647. The van der Waals surface area contributed by atoms with Gasteiger partial charge in [-0.1, -0.05) is 38.3 Å². The van der Waals surface area contributed by atoms with Crippen LogP contribution in [0.3, 0.4) is 0 Å². The largest absolute Gasteiger partial charge is 1.00 e. The van der Waals surface area contributed by atoms with Gasteiger partial charge in [0.05, 0.1) is 38.5 Å². The maximum absolute atomic E-state index is 11.3. The molecule has 7 heteroatoms. The van der Waals surface area contributed by atoms with Crippen LogP contribution in [0.1, 0.15) is 77.4 Å². The molecule has 1 rings (SSSR count). The van der Waals surface area contributed by atoms with Gasteiger partial charge < -0.3 is 26.6 Å². The van der Waals surface area contributed by atoms with Crippen LogP contribution in [0, 0.1) is 0 Å². The van der Waals surface area contributed by atoms with Crippen LogP contribution in [0.25, 0.3) is 0 Å². The summed E-state index contributed by atoms with van der Waals surface area (Å²) in [5.74, 6) is 0. The molecule has 2 N–H and O–H groups in total. The molecular formula is C22H41BrN2O3S. The van der Waals surface area contributed by atoms with Crippen molar-refractivity contribution in [3.05, 3.63) is 29.8 Å². The SMILES string of the molecule is CCCCCCC[N+](CC)(CC)CCCC(O)c1ccc(NS(C)(=O)=O)cc1.[Br-]. The van der Waals surface area contributed by atoms with Crippen LogP contribution in [0.4, 0.5) is 5.69 Å². The number of hydrogen-bond acceptors (Lipinski definition) is 3. The summed E-state index contributed by atoms with van der Waals surface area (Å²) in [7, 11) is -3.27. The number of unbranched alkanes of at least 4 members (excludes halogenated alkanes) is 4. The number of sulfonamides is 1. The van der Waals surface area contributed by atoms with Crippen molar-refractivity contribution >= 4 is 15.7 Å². The minimum absolute atomic E-state index is 0. The molecule has 1 aromatic rings. The topological polar surface area (TPSA) is 66.4 Å². The molecule has 0 aliphatic heterocycles. The van der Waals surface area contributed by atoms with Crippen LogP contribution in [0.5, 0.6) is 0 Å². The van der Waals surface area contributed by atoms with Crippen LogP contribution in [-0.2, 0) is 10.0 Å². The lowest BCUT2D eigenvalue weighted by Gasteiger charge is -2.37. The summed E-state index contributed by atoms with van der Waals surface area (Å²) in [4.78, 5) is 0. The molecule has 0 heterocycles. The normalized spacial score (nSPS) is 13.0. The predicted molar refractivity (Wildman–Crippen MR) is 119 cm³/mol. The monoisotopic (exact) mass is 492 g/mol. The van der Waals surface area contributed by atoms with Gasteiger partial charge in [0.15, 0.2) is 0 Å². The summed E-state index contributed by atoms with van der Waals surface area (Å²) in [6, 6.07) is 7.00. The molecule has 0 saturated heterocycles. The second-order valence-electron chi connectivity index (χ2n) is 7.99. The molecule has 0 amide bonds. The highest BCUT2D eigenvalue weighted by molar-refractivity contribution is 7.92. The van der Waals surface area contributed by atoms with Crippen molar-refractivity contribution in [2.75, 3.05) is 37.2 Å². The van der Waals surface area contributed by atoms with Gasteiger partial charge in [-0.2, -0.15) is 0 Å². The van der Waals surface area contributed by atoms with Gasteiger partial charge in [0.1, 0.15) is 0 Å². The van der Waals surface area contributed by atoms with E-state index in [4.69, 9.17) is 0 Å². The van der Waals surface area contributed by atoms with Gasteiger partial charge in [-0.05, 0) is 57.2 Å². The van der Waals surface area contributed by atoms with Crippen molar-refractivity contribution in [1.29, 1.82) is 0 Å². The van der Waals surface area contributed by atoms with Crippen molar-refractivity contribution in [3.63, 3.8) is 0 Å². The van der Waals surface area contributed by atoms with E-state index in [1.54, 1.807) is 24.3 Å². The highest BCUT2D eigenvalue weighted by atomic mass is 79.9.